The highest BCUT2D eigenvalue weighted by atomic mass is 31.1. The molecule has 0 spiro atoms. The van der Waals surface area contributed by atoms with Crippen molar-refractivity contribution >= 4 is 15.8 Å². The van der Waals surface area contributed by atoms with Gasteiger partial charge >= 0.3 is 0 Å². The van der Waals surface area contributed by atoms with Crippen molar-refractivity contribution in [1.29, 1.82) is 0 Å². The van der Waals surface area contributed by atoms with Gasteiger partial charge in [-0.2, -0.15) is 0 Å². The maximum atomic E-state index is 3.69. The Hall–Kier alpha value is -2.42. The standard InChI is InChI=1S/C30H32N4P2/c1-5-13-23(14-6-1)27-31-32-28(24-15-7-2-8-16-24)35(27)21-22-36-29(25-17-9-3-10-18-25)33-34-30(36)26-19-11-4-12-20-26/h1-20,27-34H,21-22H2/t27-,28-,29-,30-/m0/s1. The van der Waals surface area contributed by atoms with Crippen molar-refractivity contribution in [2.75, 3.05) is 12.3 Å². The van der Waals surface area contributed by atoms with E-state index in [1.54, 1.807) is 0 Å². The highest BCUT2D eigenvalue weighted by Gasteiger charge is 2.41. The Kier molecular flexibility index (Phi) is 7.53. The summed E-state index contributed by atoms with van der Waals surface area (Å²) in [5.41, 5.74) is 20.3. The van der Waals surface area contributed by atoms with Crippen molar-refractivity contribution < 1.29 is 0 Å². The van der Waals surface area contributed by atoms with Gasteiger partial charge in [0.1, 0.15) is 0 Å². The Morgan fingerprint density at radius 3 is 0.806 bits per heavy atom. The van der Waals surface area contributed by atoms with Gasteiger partial charge in [0, 0.05) is 0 Å². The van der Waals surface area contributed by atoms with Crippen molar-refractivity contribution in [3.05, 3.63) is 144 Å². The third-order valence-corrected chi connectivity index (χ3v) is 13.3. The van der Waals surface area contributed by atoms with E-state index in [1.165, 1.54) is 34.6 Å². The fourth-order valence-electron chi connectivity index (χ4n) is 5.33. The average Bonchev–Trinajstić information content (AvgIpc) is 3.58. The first kappa shape index (κ1) is 23.9. The molecule has 36 heavy (non-hydrogen) atoms. The third-order valence-electron chi connectivity index (χ3n) is 7.12. The number of benzene rings is 4. The van der Waals surface area contributed by atoms with Crippen LogP contribution in [0.25, 0.3) is 0 Å². The largest absolute Gasteiger partial charge is 0.245 e. The molecule has 0 radical (unpaired) electrons. The molecule has 0 bridgehead atoms. The third kappa shape index (κ3) is 5.04. The second kappa shape index (κ2) is 11.3. The van der Waals surface area contributed by atoms with Gasteiger partial charge in [0.25, 0.3) is 0 Å². The summed E-state index contributed by atoms with van der Waals surface area (Å²) in [6.07, 6.45) is 2.41. The molecule has 4 aromatic rings. The van der Waals surface area contributed by atoms with Crippen molar-refractivity contribution in [1.82, 2.24) is 21.7 Å². The van der Waals surface area contributed by atoms with Gasteiger partial charge in [0.05, 0.1) is 23.1 Å². The molecule has 2 aliphatic heterocycles. The normalized spacial score (nSPS) is 24.8. The number of hydrazine groups is 2. The summed E-state index contributed by atoms with van der Waals surface area (Å²) >= 11 is 0. The number of rotatable bonds is 7. The van der Waals surface area contributed by atoms with E-state index < -0.39 is 0 Å². The Bertz CT molecular complexity index is 1030. The van der Waals surface area contributed by atoms with Crippen LogP contribution in [-0.2, 0) is 0 Å². The maximum Gasteiger partial charge on any atom is 0.0676 e. The SMILES string of the molecule is c1ccc([C@H]2NN[C@H](c3ccccc3)P2CCP2[C@@H](c3ccccc3)NN[C@@H]2c2ccccc2)cc1. The fraction of sp³-hybridized carbons (Fsp3) is 0.200. The Morgan fingerprint density at radius 1 is 0.361 bits per heavy atom. The van der Waals surface area contributed by atoms with Crippen LogP contribution < -0.4 is 21.7 Å². The predicted molar refractivity (Wildman–Crippen MR) is 153 cm³/mol. The van der Waals surface area contributed by atoms with E-state index in [2.05, 4.69) is 143 Å². The van der Waals surface area contributed by atoms with E-state index in [-0.39, 0.29) is 15.8 Å². The Morgan fingerprint density at radius 2 is 0.583 bits per heavy atom. The molecule has 0 amide bonds. The van der Waals surface area contributed by atoms with Crippen LogP contribution >= 0.6 is 15.8 Å². The molecular weight excluding hydrogens is 478 g/mol. The van der Waals surface area contributed by atoms with Crippen molar-refractivity contribution in [3.8, 4) is 0 Å². The zero-order valence-electron chi connectivity index (χ0n) is 20.2. The molecule has 0 unspecified atom stereocenters. The zero-order chi connectivity index (χ0) is 24.2. The summed E-state index contributed by atoms with van der Waals surface area (Å²) in [5, 5.41) is 0. The van der Waals surface area contributed by atoms with Crippen LogP contribution in [0.1, 0.15) is 45.4 Å². The molecule has 4 N–H and O–H groups in total. The first-order chi connectivity index (χ1) is 17.9. The topological polar surface area (TPSA) is 48.1 Å². The lowest BCUT2D eigenvalue weighted by molar-refractivity contribution is 0.555. The van der Waals surface area contributed by atoms with Gasteiger partial charge in [-0.15, -0.1) is 0 Å². The number of hydrogen-bond donors (Lipinski definition) is 4. The molecular formula is C30H32N4P2. The van der Waals surface area contributed by atoms with E-state index in [0.29, 0.717) is 23.1 Å². The molecule has 0 aliphatic carbocycles. The summed E-state index contributed by atoms with van der Waals surface area (Å²) in [6, 6.07) is 43.9. The van der Waals surface area contributed by atoms with Crippen LogP contribution in [0, 0.1) is 0 Å². The summed E-state index contributed by atoms with van der Waals surface area (Å²) in [7, 11) is -0.756. The summed E-state index contributed by atoms with van der Waals surface area (Å²) < 4.78 is 0. The van der Waals surface area contributed by atoms with Gasteiger partial charge in [0.15, 0.2) is 0 Å². The maximum absolute atomic E-state index is 3.69. The molecule has 2 aliphatic rings. The second-order valence-corrected chi connectivity index (χ2v) is 14.3. The monoisotopic (exact) mass is 510 g/mol. The minimum absolute atomic E-state index is 0.343. The highest BCUT2D eigenvalue weighted by Crippen LogP contribution is 2.67. The summed E-state index contributed by atoms with van der Waals surface area (Å²) in [6.45, 7) is 0. The molecule has 0 saturated carbocycles. The molecule has 2 saturated heterocycles. The molecule has 4 nitrogen and oxygen atoms in total. The molecule has 182 valence electrons. The molecule has 6 heteroatoms. The van der Waals surface area contributed by atoms with Crippen LogP contribution in [-0.4, -0.2) is 12.3 Å². The quantitative estimate of drug-likeness (QED) is 0.203. The lowest BCUT2D eigenvalue weighted by Crippen LogP contribution is -2.26. The van der Waals surface area contributed by atoms with Gasteiger partial charge in [-0.1, -0.05) is 137 Å². The van der Waals surface area contributed by atoms with Crippen LogP contribution in [0.4, 0.5) is 0 Å². The van der Waals surface area contributed by atoms with Crippen molar-refractivity contribution in [2.45, 2.75) is 23.1 Å². The van der Waals surface area contributed by atoms with Crippen LogP contribution in [0.5, 0.6) is 0 Å². The molecule has 6 rings (SSSR count). The van der Waals surface area contributed by atoms with Gasteiger partial charge in [-0.25, -0.2) is 21.7 Å². The van der Waals surface area contributed by atoms with E-state index in [0.717, 1.165) is 0 Å². The van der Waals surface area contributed by atoms with Gasteiger partial charge in [0.2, 0.25) is 0 Å². The van der Waals surface area contributed by atoms with Crippen molar-refractivity contribution in [2.24, 2.45) is 0 Å². The first-order valence-electron chi connectivity index (χ1n) is 12.6. The minimum Gasteiger partial charge on any atom is -0.245 e. The molecule has 4 atom stereocenters. The summed E-state index contributed by atoms with van der Waals surface area (Å²) in [5.74, 6) is 1.37. The van der Waals surface area contributed by atoms with Crippen LogP contribution in [0.3, 0.4) is 0 Å². The Balaban J connectivity index is 1.30. The fourth-order valence-corrected chi connectivity index (χ4v) is 12.0. The summed E-state index contributed by atoms with van der Waals surface area (Å²) in [4.78, 5) is 0. The van der Waals surface area contributed by atoms with E-state index in [9.17, 15) is 0 Å². The molecule has 0 aromatic heterocycles. The van der Waals surface area contributed by atoms with Gasteiger partial charge in [-0.05, 0) is 34.6 Å². The minimum atomic E-state index is -0.378. The first-order valence-corrected chi connectivity index (χ1v) is 15.9. The smallest absolute Gasteiger partial charge is 0.0676 e. The predicted octanol–water partition coefficient (Wildman–Crippen LogP) is 6.96. The lowest BCUT2D eigenvalue weighted by atomic mass is 10.2. The zero-order valence-corrected chi connectivity index (χ0v) is 22.0. The molecule has 2 heterocycles. The average molecular weight is 511 g/mol. The van der Waals surface area contributed by atoms with E-state index >= 15 is 0 Å². The number of nitrogens with one attached hydrogen (secondary N) is 4. The van der Waals surface area contributed by atoms with Gasteiger partial charge in [-0.3, -0.25) is 0 Å². The molecule has 4 aromatic carbocycles. The molecule has 2 fully saturated rings. The van der Waals surface area contributed by atoms with Gasteiger partial charge < -0.3 is 0 Å². The second-order valence-electron chi connectivity index (χ2n) is 9.31. The van der Waals surface area contributed by atoms with E-state index in [4.69, 9.17) is 0 Å². The number of hydrogen-bond acceptors (Lipinski definition) is 4. The van der Waals surface area contributed by atoms with Crippen LogP contribution in [0.2, 0.25) is 0 Å². The lowest BCUT2D eigenvalue weighted by Gasteiger charge is -2.29. The van der Waals surface area contributed by atoms with Crippen molar-refractivity contribution in [3.63, 3.8) is 0 Å². The van der Waals surface area contributed by atoms with Crippen LogP contribution in [0.15, 0.2) is 121 Å². The Labute approximate surface area is 216 Å². The highest BCUT2D eigenvalue weighted by molar-refractivity contribution is 7.62. The van der Waals surface area contributed by atoms with E-state index in [1.807, 2.05) is 0 Å².